The minimum atomic E-state index is -5.64. The number of imidazole rings is 1. The standard InChI is InChI=1S/C90H71N5OSi.Pt/c1-88(2,3)59-47-50-91-85(51-59)95-81-43-24-21-39-71(81)72-46-45-62(53-83(72)95)96-61-28-25-27-60(52-61)92-58-93-86-73(40-26-44-82(86)94-79-41-22-19-37-69(79)70-38-20-23-42-80(70)94)75-57-78-77(89(4,5)48-49-90(78,6)7)56-74(75)67-35-17-18-36-68(67)76-54-66(55-84(92)87(76)93)97(63-29-11-8-12-30-63,64-31-13-9-14-32-64)65-33-15-10-16-34-65;/h8-47,50-51,54-57H,48-49H2,1-7H3;/q-2;/i8D,9D,10D,11D,12D,13D,14D,15D,16D,29D,30D,31D,32D,33D;. The third kappa shape index (κ3) is 9.52. The van der Waals surface area contributed by atoms with Crippen molar-refractivity contribution >= 4 is 83.5 Å². The molecular weight excluding hydrogens is 1390 g/mol. The molecule has 4 aromatic heterocycles. The summed E-state index contributed by atoms with van der Waals surface area (Å²) in [6.07, 6.45) is 7.59. The molecule has 6 nitrogen and oxygen atoms in total. The smallest absolute Gasteiger partial charge is 0.268 e. The zero-order chi connectivity index (χ0) is 77.7. The van der Waals surface area contributed by atoms with Gasteiger partial charge < -0.3 is 18.4 Å². The van der Waals surface area contributed by atoms with Gasteiger partial charge in [0.2, 0.25) is 0 Å². The second kappa shape index (κ2) is 23.1. The van der Waals surface area contributed by atoms with Crippen LogP contribution in [0.3, 0.4) is 0 Å². The van der Waals surface area contributed by atoms with Crippen LogP contribution in [0.25, 0.3) is 111 Å². The van der Waals surface area contributed by atoms with Crippen LogP contribution >= 0.6 is 0 Å². The molecule has 1 aliphatic carbocycles. The monoisotopic (exact) mass is 1470 g/mol. The fourth-order valence-electron chi connectivity index (χ4n) is 15.5. The third-order valence-electron chi connectivity index (χ3n) is 20.3. The van der Waals surface area contributed by atoms with Crippen LogP contribution in [0.2, 0.25) is 0 Å². The normalized spacial score (nSPS) is 15.9. The molecule has 18 rings (SSSR count). The SMILES string of the molecule is [2H]c1cc([Si](c2cc3c4c(c2)n(-c2[c-]c(Oc5[c-]c6c(cc5)c5ccccc5n6-c5cc(C(C)(C)C)ccn5)ccc2)[c-][n+]4-c2c(cccc2-n2c4ccccc4c4ccccc42)-c2cc4c(cc2-c2ccccc2-3)C(C)(C)CCC4(C)C)(c2c([2H])c([2H])c([2H])c([2H])c2[2H])c2c([2H])c([2H])c([2H])c([2H])c2[2H])c([2H])c([2H])c1[2H].[Pt]. The van der Waals surface area contributed by atoms with Gasteiger partial charge in [0.1, 0.15) is 5.82 Å². The van der Waals surface area contributed by atoms with Crippen LogP contribution in [-0.2, 0) is 37.3 Å². The Morgan fingerprint density at radius 3 is 1.68 bits per heavy atom. The summed E-state index contributed by atoms with van der Waals surface area (Å²) >= 11 is 0. The fraction of sp³-hybridized carbons (Fsp3) is 0.133. The van der Waals surface area contributed by atoms with Crippen LogP contribution in [-0.4, -0.2) is 26.8 Å². The van der Waals surface area contributed by atoms with Crippen LogP contribution in [0.4, 0.5) is 0 Å². The first-order chi connectivity index (χ1) is 53.0. The summed E-state index contributed by atoms with van der Waals surface area (Å²) < 4.78 is 151. The van der Waals surface area contributed by atoms with E-state index in [9.17, 15) is 15.1 Å². The van der Waals surface area contributed by atoms with E-state index in [1.165, 1.54) is 11.1 Å². The van der Waals surface area contributed by atoms with Gasteiger partial charge in [0, 0.05) is 55.1 Å². The molecule has 16 aromatic rings. The van der Waals surface area contributed by atoms with Crippen LogP contribution in [0, 0.1) is 18.5 Å². The van der Waals surface area contributed by atoms with Gasteiger partial charge in [-0.05, 0) is 153 Å². The first-order valence-electron chi connectivity index (χ1n) is 39.8. The Morgan fingerprint density at radius 1 is 0.480 bits per heavy atom. The molecule has 98 heavy (non-hydrogen) atoms. The molecule has 1 aliphatic heterocycles. The Balaban J connectivity index is 0.00000910. The molecule has 0 N–H and O–H groups in total. The Hall–Kier alpha value is -10.4. The van der Waals surface area contributed by atoms with E-state index < -0.39 is 103 Å². The molecule has 478 valence electrons. The van der Waals surface area contributed by atoms with Gasteiger partial charge in [0.05, 0.1) is 52.6 Å². The average Bonchev–Trinajstić information content (AvgIpc) is 1.08. The van der Waals surface area contributed by atoms with Crippen LogP contribution in [0.1, 0.15) is 97.2 Å². The number of benzene rings is 12. The van der Waals surface area contributed by atoms with Gasteiger partial charge in [0.25, 0.3) is 6.33 Å². The van der Waals surface area contributed by atoms with Crippen molar-refractivity contribution < 1.29 is 49.6 Å². The molecule has 0 radical (unpaired) electrons. The van der Waals surface area contributed by atoms with E-state index in [1.807, 2.05) is 95.7 Å². The molecule has 0 saturated heterocycles. The third-order valence-corrected chi connectivity index (χ3v) is 24.6. The first kappa shape index (κ1) is 47.5. The summed E-state index contributed by atoms with van der Waals surface area (Å²) in [4.78, 5) is 4.93. The number of rotatable bonds is 9. The largest absolute Gasteiger partial charge is 0.510 e. The minimum absolute atomic E-state index is 0. The number of fused-ring (bicyclic) bond motifs is 14. The van der Waals surface area contributed by atoms with Crippen molar-refractivity contribution in [3.63, 3.8) is 0 Å². The molecule has 0 bridgehead atoms. The maximum Gasteiger partial charge on any atom is 0.268 e. The molecule has 0 saturated carbocycles. The minimum Gasteiger partial charge on any atom is -0.510 e. The number of para-hydroxylation sites is 4. The number of ether oxygens (including phenoxy) is 1. The Labute approximate surface area is 607 Å². The molecule has 0 fully saturated rings. The van der Waals surface area contributed by atoms with Crippen LogP contribution in [0.5, 0.6) is 11.5 Å². The van der Waals surface area contributed by atoms with Crippen molar-refractivity contribution in [3.05, 3.63) is 314 Å². The summed E-state index contributed by atoms with van der Waals surface area (Å²) in [5, 5.41) is 2.61. The zero-order valence-electron chi connectivity index (χ0n) is 68.8. The van der Waals surface area contributed by atoms with Gasteiger partial charge in [-0.1, -0.05) is 254 Å². The molecule has 0 spiro atoms. The van der Waals surface area contributed by atoms with Crippen molar-refractivity contribution in [1.29, 1.82) is 0 Å². The average molecular weight is 1480 g/mol. The number of hydrogen-bond acceptors (Lipinski definition) is 2. The van der Waals surface area contributed by atoms with Gasteiger partial charge in [-0.25, -0.2) is 4.98 Å². The van der Waals surface area contributed by atoms with Crippen LogP contribution in [0.15, 0.2) is 279 Å². The molecule has 5 heterocycles. The van der Waals surface area contributed by atoms with Gasteiger partial charge in [0.15, 0.2) is 8.07 Å². The van der Waals surface area contributed by atoms with E-state index in [0.29, 0.717) is 45.1 Å². The fourth-order valence-corrected chi connectivity index (χ4v) is 19.4. The number of aromatic nitrogens is 5. The molecule has 0 unspecified atom stereocenters. The molecular formula is C90H71N5OPtSi-2. The summed E-state index contributed by atoms with van der Waals surface area (Å²) in [6, 6.07) is 58.3. The summed E-state index contributed by atoms with van der Waals surface area (Å²) in [6.45, 7) is 15.7. The number of pyridine rings is 1. The van der Waals surface area contributed by atoms with Crippen molar-refractivity contribution in [2.24, 2.45) is 0 Å². The summed E-state index contributed by atoms with van der Waals surface area (Å²) in [7, 11) is -5.64. The predicted octanol–water partition coefficient (Wildman–Crippen LogP) is 19.0. The van der Waals surface area contributed by atoms with E-state index in [2.05, 4.69) is 155 Å². The maximum absolute atomic E-state index is 10.3. The van der Waals surface area contributed by atoms with Crippen molar-refractivity contribution in [1.82, 2.24) is 18.7 Å². The number of hydrogen-bond donors (Lipinski definition) is 0. The quantitative estimate of drug-likeness (QED) is 0.0625. The van der Waals surface area contributed by atoms with Crippen molar-refractivity contribution in [3.8, 4) is 67.8 Å². The van der Waals surface area contributed by atoms with E-state index >= 15 is 0 Å². The number of nitrogens with zero attached hydrogens (tertiary/aromatic N) is 5. The van der Waals surface area contributed by atoms with Gasteiger partial charge >= 0.3 is 0 Å². The topological polar surface area (TPSA) is 40.8 Å². The molecule has 12 aromatic carbocycles. The summed E-state index contributed by atoms with van der Waals surface area (Å²) in [5.41, 5.74) is 13.1. The van der Waals surface area contributed by atoms with E-state index in [0.717, 1.165) is 96.0 Å². The Bertz CT molecular complexity index is 6590. The van der Waals surface area contributed by atoms with E-state index in [4.69, 9.17) is 13.8 Å². The Kier molecular flexibility index (Phi) is 11.2. The Morgan fingerprint density at radius 2 is 1.03 bits per heavy atom. The second-order valence-electron chi connectivity index (χ2n) is 27.9. The van der Waals surface area contributed by atoms with Gasteiger partial charge in [-0.2, -0.15) is 18.2 Å². The van der Waals surface area contributed by atoms with Gasteiger partial charge in [-0.15, -0.1) is 29.7 Å². The van der Waals surface area contributed by atoms with E-state index in [-0.39, 0.29) is 53.4 Å². The predicted molar refractivity (Wildman–Crippen MR) is 402 cm³/mol. The van der Waals surface area contributed by atoms with Gasteiger partial charge in [-0.3, -0.25) is 4.57 Å². The first-order valence-corrected chi connectivity index (χ1v) is 34.8. The molecule has 0 atom stereocenters. The van der Waals surface area contributed by atoms with Crippen molar-refractivity contribution in [2.75, 3.05) is 0 Å². The van der Waals surface area contributed by atoms with E-state index in [1.54, 1.807) is 22.8 Å². The molecule has 0 amide bonds. The maximum atomic E-state index is 10.3. The van der Waals surface area contributed by atoms with Crippen LogP contribution < -0.4 is 30.1 Å². The second-order valence-corrected chi connectivity index (χ2v) is 31.5. The van der Waals surface area contributed by atoms with Crippen molar-refractivity contribution in [2.45, 2.75) is 77.6 Å². The zero-order valence-corrected chi connectivity index (χ0v) is 58.1. The molecule has 8 heteroatoms. The molecule has 2 aliphatic rings. The summed E-state index contributed by atoms with van der Waals surface area (Å²) in [5.74, 6) is 1.31.